The number of carbonyl (C=O) groups excluding carboxylic acids is 1. The molecule has 3 aromatic rings. The fourth-order valence-corrected chi connectivity index (χ4v) is 3.60. The van der Waals surface area contributed by atoms with Gasteiger partial charge < -0.3 is 10.3 Å². The zero-order chi connectivity index (χ0) is 18.5. The molecule has 0 aromatic carbocycles. The number of carbonyl (C=O) groups is 1. The molecular formula is C19H20N4O2S. The molecule has 0 radical (unpaired) electrons. The van der Waals surface area contributed by atoms with Gasteiger partial charge in [-0.15, -0.1) is 11.3 Å². The van der Waals surface area contributed by atoms with Gasteiger partial charge in [0.15, 0.2) is 0 Å². The van der Waals surface area contributed by atoms with Gasteiger partial charge in [-0.25, -0.2) is 4.98 Å². The summed E-state index contributed by atoms with van der Waals surface area (Å²) in [5.41, 5.74) is 1.44. The topological polar surface area (TPSA) is 87.7 Å². The van der Waals surface area contributed by atoms with Gasteiger partial charge in [-0.3, -0.25) is 14.6 Å². The molecule has 0 aliphatic rings. The van der Waals surface area contributed by atoms with E-state index in [1.165, 1.54) is 0 Å². The molecule has 0 saturated carbocycles. The molecule has 3 heterocycles. The largest absolute Gasteiger partial charge is 0.348 e. The summed E-state index contributed by atoms with van der Waals surface area (Å²) >= 11 is 1.61. The normalized spacial score (nSPS) is 11.9. The van der Waals surface area contributed by atoms with Gasteiger partial charge in [0.2, 0.25) is 5.91 Å². The molecule has 2 N–H and O–H groups in total. The first-order valence-electron chi connectivity index (χ1n) is 8.41. The van der Waals surface area contributed by atoms with Crippen molar-refractivity contribution < 1.29 is 4.79 Å². The third-order valence-electron chi connectivity index (χ3n) is 4.14. The van der Waals surface area contributed by atoms with E-state index in [0.717, 1.165) is 16.9 Å². The molecule has 6 nitrogen and oxygen atoms in total. The van der Waals surface area contributed by atoms with Gasteiger partial charge in [0.1, 0.15) is 5.82 Å². The van der Waals surface area contributed by atoms with E-state index < -0.39 is 0 Å². The van der Waals surface area contributed by atoms with Crippen LogP contribution < -0.4 is 10.9 Å². The van der Waals surface area contributed by atoms with Gasteiger partial charge >= 0.3 is 0 Å². The van der Waals surface area contributed by atoms with Crippen LogP contribution in [0.1, 0.15) is 35.5 Å². The number of hydrogen-bond donors (Lipinski definition) is 2. The molecule has 134 valence electrons. The number of pyridine rings is 1. The van der Waals surface area contributed by atoms with Crippen LogP contribution in [0.3, 0.4) is 0 Å². The minimum atomic E-state index is -0.288. The second-order valence-corrected chi connectivity index (χ2v) is 6.91. The molecule has 0 spiro atoms. The first kappa shape index (κ1) is 18.0. The highest BCUT2D eigenvalue weighted by atomic mass is 32.1. The highest BCUT2D eigenvalue weighted by molar-refractivity contribution is 7.10. The van der Waals surface area contributed by atoms with Crippen LogP contribution in [0.15, 0.2) is 46.8 Å². The Labute approximate surface area is 155 Å². The molecule has 1 amide bonds. The van der Waals surface area contributed by atoms with Crippen LogP contribution in [0.5, 0.6) is 0 Å². The second kappa shape index (κ2) is 8.05. The van der Waals surface area contributed by atoms with Crippen molar-refractivity contribution in [3.05, 3.63) is 68.5 Å². The number of hydrogen-bond acceptors (Lipinski definition) is 5. The van der Waals surface area contributed by atoms with Crippen LogP contribution in [0.2, 0.25) is 0 Å². The van der Waals surface area contributed by atoms with Crippen molar-refractivity contribution in [1.82, 2.24) is 20.3 Å². The highest BCUT2D eigenvalue weighted by Gasteiger charge is 2.17. The van der Waals surface area contributed by atoms with Gasteiger partial charge in [-0.05, 0) is 36.9 Å². The quantitative estimate of drug-likeness (QED) is 0.700. The Balaban J connectivity index is 1.77. The number of aryl methyl sites for hydroxylation is 1. The number of aromatic nitrogens is 3. The van der Waals surface area contributed by atoms with E-state index in [4.69, 9.17) is 0 Å². The lowest BCUT2D eigenvalue weighted by atomic mass is 10.1. The lowest BCUT2D eigenvalue weighted by Crippen LogP contribution is -2.31. The smallest absolute Gasteiger partial charge is 0.255 e. The van der Waals surface area contributed by atoms with Crippen molar-refractivity contribution in [3.8, 4) is 11.4 Å². The second-order valence-electron chi connectivity index (χ2n) is 5.93. The number of H-pyrrole nitrogens is 1. The summed E-state index contributed by atoms with van der Waals surface area (Å²) in [4.78, 5) is 37.2. The summed E-state index contributed by atoms with van der Waals surface area (Å²) in [6.45, 7) is 3.77. The van der Waals surface area contributed by atoms with E-state index >= 15 is 0 Å². The molecule has 0 saturated heterocycles. The molecular weight excluding hydrogens is 348 g/mol. The average Bonchev–Trinajstić information content (AvgIpc) is 3.18. The molecule has 3 rings (SSSR count). The maximum atomic E-state index is 12.5. The van der Waals surface area contributed by atoms with E-state index in [-0.39, 0.29) is 23.9 Å². The zero-order valence-electron chi connectivity index (χ0n) is 14.7. The number of thiophene rings is 1. The van der Waals surface area contributed by atoms with Crippen LogP contribution in [-0.4, -0.2) is 20.9 Å². The van der Waals surface area contributed by atoms with Crippen LogP contribution in [0.4, 0.5) is 0 Å². The average molecular weight is 368 g/mol. The fraction of sp³-hybridized carbons (Fsp3) is 0.263. The van der Waals surface area contributed by atoms with Crippen molar-refractivity contribution in [2.75, 3.05) is 0 Å². The Hall–Kier alpha value is -2.80. The first-order chi connectivity index (χ1) is 12.6. The number of amides is 1. The number of nitrogens with zero attached hydrogens (tertiary/aromatic N) is 2. The fourth-order valence-electron chi connectivity index (χ4n) is 2.73. The molecule has 0 fully saturated rings. The Bertz CT molecular complexity index is 936. The summed E-state index contributed by atoms with van der Waals surface area (Å²) in [5.74, 6) is 0.293. The standard InChI is InChI=1S/C19H20N4O2S/c1-3-15(16-5-4-10-26-16)22-17(24)11-14-12(2)21-18(23-19(14)25)13-6-8-20-9-7-13/h4-10,15H,3,11H2,1-2H3,(H,22,24)(H,21,23,25)/t15-/m1/s1. The maximum absolute atomic E-state index is 12.5. The molecule has 26 heavy (non-hydrogen) atoms. The van der Waals surface area contributed by atoms with Crippen molar-refractivity contribution >= 4 is 17.2 Å². The van der Waals surface area contributed by atoms with Gasteiger partial charge in [-0.1, -0.05) is 13.0 Å². The molecule has 0 unspecified atom stereocenters. The van der Waals surface area contributed by atoms with Crippen molar-refractivity contribution in [1.29, 1.82) is 0 Å². The molecule has 7 heteroatoms. The Kier molecular flexibility index (Phi) is 5.58. The predicted molar refractivity (Wildman–Crippen MR) is 102 cm³/mol. The first-order valence-corrected chi connectivity index (χ1v) is 9.29. The third-order valence-corrected chi connectivity index (χ3v) is 5.13. The third kappa shape index (κ3) is 4.05. The lowest BCUT2D eigenvalue weighted by Gasteiger charge is -2.15. The summed E-state index contributed by atoms with van der Waals surface area (Å²) in [7, 11) is 0. The number of nitrogens with one attached hydrogen (secondary N) is 2. The molecule has 0 aliphatic carbocycles. The SMILES string of the molecule is CC[C@@H](NC(=O)Cc1c(C)nc(-c2ccncc2)[nH]c1=O)c1cccs1. The van der Waals surface area contributed by atoms with Crippen molar-refractivity contribution in [2.45, 2.75) is 32.7 Å². The van der Waals surface area contributed by atoms with Crippen molar-refractivity contribution in [2.24, 2.45) is 0 Å². The highest BCUT2D eigenvalue weighted by Crippen LogP contribution is 2.21. The molecule has 1 atom stereocenters. The van der Waals surface area contributed by atoms with E-state index in [2.05, 4.69) is 20.3 Å². The van der Waals surface area contributed by atoms with Crippen LogP contribution in [-0.2, 0) is 11.2 Å². The van der Waals surface area contributed by atoms with E-state index in [1.807, 2.05) is 24.4 Å². The molecule has 0 bridgehead atoms. The maximum Gasteiger partial charge on any atom is 0.255 e. The lowest BCUT2D eigenvalue weighted by molar-refractivity contribution is -0.121. The van der Waals surface area contributed by atoms with Gasteiger partial charge in [0.25, 0.3) is 5.56 Å². The summed E-state index contributed by atoms with van der Waals surface area (Å²) < 4.78 is 0. The molecule has 0 aliphatic heterocycles. The van der Waals surface area contributed by atoms with Crippen LogP contribution in [0, 0.1) is 6.92 Å². The summed E-state index contributed by atoms with van der Waals surface area (Å²) in [6, 6.07) is 7.48. The minimum absolute atomic E-state index is 0.00661. The Morgan fingerprint density at radius 3 is 2.69 bits per heavy atom. The summed E-state index contributed by atoms with van der Waals surface area (Å²) in [6.07, 6.45) is 4.08. The number of aromatic amines is 1. The van der Waals surface area contributed by atoms with E-state index in [9.17, 15) is 9.59 Å². The molecule has 3 aromatic heterocycles. The number of rotatable bonds is 6. The van der Waals surface area contributed by atoms with E-state index in [1.54, 1.807) is 42.8 Å². The van der Waals surface area contributed by atoms with Crippen LogP contribution >= 0.6 is 11.3 Å². The Morgan fingerprint density at radius 1 is 1.31 bits per heavy atom. The van der Waals surface area contributed by atoms with E-state index in [0.29, 0.717) is 17.1 Å². The summed E-state index contributed by atoms with van der Waals surface area (Å²) in [5, 5.41) is 4.99. The van der Waals surface area contributed by atoms with Crippen molar-refractivity contribution in [3.63, 3.8) is 0 Å². The minimum Gasteiger partial charge on any atom is -0.348 e. The predicted octanol–water partition coefficient (Wildman–Crippen LogP) is 3.01. The van der Waals surface area contributed by atoms with Gasteiger partial charge in [-0.2, -0.15) is 0 Å². The van der Waals surface area contributed by atoms with Gasteiger partial charge in [0, 0.05) is 34.1 Å². The monoisotopic (exact) mass is 368 g/mol. The van der Waals surface area contributed by atoms with Crippen LogP contribution in [0.25, 0.3) is 11.4 Å². The zero-order valence-corrected chi connectivity index (χ0v) is 15.5. The van der Waals surface area contributed by atoms with Gasteiger partial charge in [0.05, 0.1) is 12.5 Å². The Morgan fingerprint density at radius 2 is 2.08 bits per heavy atom.